The summed E-state index contributed by atoms with van der Waals surface area (Å²) in [5, 5.41) is 7.88. The van der Waals surface area contributed by atoms with Crippen LogP contribution in [-0.2, 0) is 9.47 Å². The van der Waals surface area contributed by atoms with Gasteiger partial charge >= 0.3 is 5.97 Å². The summed E-state index contributed by atoms with van der Waals surface area (Å²) in [5.74, 6) is 0.482. The predicted molar refractivity (Wildman–Crippen MR) is 78.6 cm³/mol. The molecule has 1 aromatic heterocycles. The number of nitrogens with one attached hydrogen (secondary N) is 1. The highest BCUT2D eigenvalue weighted by Crippen LogP contribution is 2.36. The first kappa shape index (κ1) is 14.4. The Bertz CT molecular complexity index is 541. The summed E-state index contributed by atoms with van der Waals surface area (Å²) in [7, 11) is 0. The van der Waals surface area contributed by atoms with Gasteiger partial charge in [-0.2, -0.15) is 5.10 Å². The minimum absolute atomic E-state index is 0.190. The van der Waals surface area contributed by atoms with Crippen molar-refractivity contribution >= 4 is 11.8 Å². The Labute approximate surface area is 124 Å². The van der Waals surface area contributed by atoms with E-state index in [4.69, 9.17) is 9.47 Å². The summed E-state index contributed by atoms with van der Waals surface area (Å²) in [6.45, 7) is 6.98. The Kier molecular flexibility index (Phi) is 3.89. The number of esters is 1. The van der Waals surface area contributed by atoms with E-state index in [9.17, 15) is 4.79 Å². The van der Waals surface area contributed by atoms with Crippen molar-refractivity contribution in [1.82, 2.24) is 9.78 Å². The van der Waals surface area contributed by atoms with Crippen molar-refractivity contribution < 1.29 is 14.3 Å². The third-order valence-corrected chi connectivity index (χ3v) is 4.31. The molecule has 6 nitrogen and oxygen atoms in total. The van der Waals surface area contributed by atoms with Gasteiger partial charge in [0.05, 0.1) is 30.6 Å². The Hall–Kier alpha value is -1.56. The van der Waals surface area contributed by atoms with Crippen molar-refractivity contribution in [3.63, 3.8) is 0 Å². The predicted octanol–water partition coefficient (Wildman–Crippen LogP) is 2.29. The minimum Gasteiger partial charge on any atom is -0.462 e. The molecule has 1 N–H and O–H groups in total. The van der Waals surface area contributed by atoms with E-state index in [1.54, 1.807) is 0 Å². The number of fused-ring (bicyclic) bond motifs is 1. The van der Waals surface area contributed by atoms with Crippen molar-refractivity contribution in [3.05, 3.63) is 11.3 Å². The monoisotopic (exact) mass is 293 g/mol. The van der Waals surface area contributed by atoms with Crippen LogP contribution in [0.3, 0.4) is 0 Å². The maximum atomic E-state index is 12.1. The smallest absolute Gasteiger partial charge is 0.343 e. The van der Waals surface area contributed by atoms with Crippen LogP contribution in [0.2, 0.25) is 0 Å². The van der Waals surface area contributed by atoms with Crippen LogP contribution in [0.4, 0.5) is 5.82 Å². The number of aromatic nitrogens is 2. The number of rotatable bonds is 3. The molecule has 6 heteroatoms. The van der Waals surface area contributed by atoms with Gasteiger partial charge in [-0.15, -0.1) is 0 Å². The number of aryl methyl sites for hydroxylation is 1. The zero-order valence-electron chi connectivity index (χ0n) is 12.9. The number of ether oxygens (including phenoxy) is 2. The molecule has 0 radical (unpaired) electrons. The van der Waals surface area contributed by atoms with Gasteiger partial charge in [-0.3, -0.25) is 0 Å². The average molecular weight is 293 g/mol. The summed E-state index contributed by atoms with van der Waals surface area (Å²) < 4.78 is 13.1. The third kappa shape index (κ3) is 2.52. The fourth-order valence-corrected chi connectivity index (χ4v) is 3.33. The van der Waals surface area contributed by atoms with Crippen LogP contribution in [0.15, 0.2) is 0 Å². The van der Waals surface area contributed by atoms with Gasteiger partial charge in [0.2, 0.25) is 0 Å². The lowest BCUT2D eigenvalue weighted by Gasteiger charge is -2.30. The van der Waals surface area contributed by atoms with E-state index >= 15 is 0 Å². The molecule has 2 aliphatic heterocycles. The van der Waals surface area contributed by atoms with Crippen molar-refractivity contribution in [1.29, 1.82) is 0 Å². The van der Waals surface area contributed by atoms with Gasteiger partial charge in [-0.05, 0) is 40.0 Å². The average Bonchev–Trinajstić information content (AvgIpc) is 3.01. The van der Waals surface area contributed by atoms with E-state index in [-0.39, 0.29) is 18.1 Å². The number of anilines is 1. The van der Waals surface area contributed by atoms with E-state index in [1.165, 1.54) is 0 Å². The summed E-state index contributed by atoms with van der Waals surface area (Å²) in [4.78, 5) is 12.1. The van der Waals surface area contributed by atoms with Crippen LogP contribution in [0.25, 0.3) is 0 Å². The Morgan fingerprint density at radius 3 is 2.95 bits per heavy atom. The van der Waals surface area contributed by atoms with E-state index in [0.717, 1.165) is 31.6 Å². The molecule has 0 spiro atoms. The van der Waals surface area contributed by atoms with Gasteiger partial charge in [-0.25, -0.2) is 9.48 Å². The fraction of sp³-hybridized carbons (Fsp3) is 0.733. The highest BCUT2D eigenvalue weighted by atomic mass is 16.5. The summed E-state index contributed by atoms with van der Waals surface area (Å²) in [6.07, 6.45) is 3.62. The van der Waals surface area contributed by atoms with Crippen LogP contribution in [0.1, 0.15) is 55.2 Å². The molecule has 3 atom stereocenters. The first-order valence-corrected chi connectivity index (χ1v) is 7.77. The lowest BCUT2D eigenvalue weighted by molar-refractivity contribution is 0.0172. The van der Waals surface area contributed by atoms with Gasteiger partial charge in [-0.1, -0.05) is 0 Å². The molecular formula is C15H23N3O3. The second-order valence-electron chi connectivity index (χ2n) is 5.82. The molecule has 3 heterocycles. The number of carbonyl (C=O) groups excluding carboxylic acids is 1. The molecule has 0 saturated carbocycles. The zero-order chi connectivity index (χ0) is 15.0. The van der Waals surface area contributed by atoms with E-state index in [2.05, 4.69) is 17.3 Å². The molecule has 1 aromatic rings. The summed E-state index contributed by atoms with van der Waals surface area (Å²) in [5.41, 5.74) is 1.28. The maximum absolute atomic E-state index is 12.1. The van der Waals surface area contributed by atoms with Crippen LogP contribution >= 0.6 is 0 Å². The Balaban J connectivity index is 1.92. The molecular weight excluding hydrogens is 270 g/mol. The van der Waals surface area contributed by atoms with Gasteiger partial charge in [0.25, 0.3) is 0 Å². The standard InChI is InChI=1S/C15H23N3O3/c1-4-20-15(19)13-10(3)17-18-11(7-8-16-14(13)18)12-6-5-9(2)21-12/h9,11-12,16H,4-8H2,1-3H3. The van der Waals surface area contributed by atoms with Gasteiger partial charge in [0.15, 0.2) is 0 Å². The molecule has 0 aromatic carbocycles. The second kappa shape index (κ2) is 5.67. The van der Waals surface area contributed by atoms with Crippen molar-refractivity contribution in [3.8, 4) is 0 Å². The van der Waals surface area contributed by atoms with E-state index in [0.29, 0.717) is 24.0 Å². The molecule has 0 bridgehead atoms. The quantitative estimate of drug-likeness (QED) is 0.866. The third-order valence-electron chi connectivity index (χ3n) is 4.31. The Morgan fingerprint density at radius 1 is 1.48 bits per heavy atom. The van der Waals surface area contributed by atoms with Crippen molar-refractivity contribution in [2.45, 2.75) is 58.3 Å². The highest BCUT2D eigenvalue weighted by molar-refractivity contribution is 5.96. The molecule has 0 amide bonds. The maximum Gasteiger partial charge on any atom is 0.343 e. The lowest BCUT2D eigenvalue weighted by atomic mass is 10.0. The first-order valence-electron chi connectivity index (χ1n) is 7.77. The van der Waals surface area contributed by atoms with E-state index < -0.39 is 0 Å². The number of hydrogen-bond acceptors (Lipinski definition) is 5. The molecule has 0 aliphatic carbocycles. The van der Waals surface area contributed by atoms with Crippen LogP contribution in [-0.4, -0.2) is 41.1 Å². The van der Waals surface area contributed by atoms with Gasteiger partial charge in [0.1, 0.15) is 11.4 Å². The molecule has 1 saturated heterocycles. The number of carbonyl (C=O) groups is 1. The van der Waals surface area contributed by atoms with E-state index in [1.807, 2.05) is 18.5 Å². The molecule has 2 aliphatic rings. The minimum atomic E-state index is -0.301. The summed E-state index contributed by atoms with van der Waals surface area (Å²) in [6, 6.07) is 0.202. The van der Waals surface area contributed by atoms with Crippen molar-refractivity contribution in [2.75, 3.05) is 18.5 Å². The topological polar surface area (TPSA) is 65.4 Å². The molecule has 3 rings (SSSR count). The largest absolute Gasteiger partial charge is 0.462 e. The van der Waals surface area contributed by atoms with Crippen LogP contribution < -0.4 is 5.32 Å². The highest BCUT2D eigenvalue weighted by Gasteiger charge is 2.36. The molecule has 21 heavy (non-hydrogen) atoms. The van der Waals surface area contributed by atoms with Gasteiger partial charge in [0, 0.05) is 6.54 Å². The van der Waals surface area contributed by atoms with Crippen molar-refractivity contribution in [2.24, 2.45) is 0 Å². The van der Waals surface area contributed by atoms with Crippen LogP contribution in [0, 0.1) is 6.92 Å². The number of nitrogens with zero attached hydrogens (tertiary/aromatic N) is 2. The molecule has 1 fully saturated rings. The number of hydrogen-bond donors (Lipinski definition) is 1. The first-order chi connectivity index (χ1) is 10.1. The second-order valence-corrected chi connectivity index (χ2v) is 5.82. The fourth-order valence-electron chi connectivity index (χ4n) is 3.33. The van der Waals surface area contributed by atoms with Crippen LogP contribution in [0.5, 0.6) is 0 Å². The lowest BCUT2D eigenvalue weighted by Crippen LogP contribution is -2.32. The molecule has 3 unspecified atom stereocenters. The normalized spacial score (nSPS) is 28.0. The molecule has 116 valence electrons. The van der Waals surface area contributed by atoms with Gasteiger partial charge < -0.3 is 14.8 Å². The summed E-state index contributed by atoms with van der Waals surface area (Å²) >= 11 is 0. The SMILES string of the molecule is CCOC(=O)c1c(C)nn2c1NCCC2C1CCC(C)O1. The zero-order valence-corrected chi connectivity index (χ0v) is 12.9. The Morgan fingerprint density at radius 2 is 2.29 bits per heavy atom.